The van der Waals surface area contributed by atoms with Crippen LogP contribution in [0.25, 0.3) is 0 Å². The van der Waals surface area contributed by atoms with Gasteiger partial charge in [-0.05, 0) is 38.6 Å². The molecule has 5 nitrogen and oxygen atoms in total. The summed E-state index contributed by atoms with van der Waals surface area (Å²) in [6.07, 6.45) is 7.48. The fourth-order valence-electron chi connectivity index (χ4n) is 2.96. The molecule has 1 aliphatic carbocycles. The largest absolute Gasteiger partial charge is 0.406 e. The molecule has 0 bridgehead atoms. The van der Waals surface area contributed by atoms with Crippen LogP contribution in [0.3, 0.4) is 0 Å². The predicted octanol–water partition coefficient (Wildman–Crippen LogP) is 3.51. The van der Waals surface area contributed by atoms with E-state index in [0.29, 0.717) is 17.9 Å². The predicted molar refractivity (Wildman–Crippen MR) is 80.7 cm³/mol. The summed E-state index contributed by atoms with van der Waals surface area (Å²) in [7, 11) is 0. The number of hydrogen-bond acceptors (Lipinski definition) is 5. The number of hydrogen-bond donors (Lipinski definition) is 2. The smallest absolute Gasteiger partial charge is 0.315 e. The SMILES string of the molecule is CCCNC(C)c1nnc(NC2CCCCC2CC)o1. The van der Waals surface area contributed by atoms with Gasteiger partial charge >= 0.3 is 6.01 Å². The van der Waals surface area contributed by atoms with Crippen LogP contribution in [-0.4, -0.2) is 22.8 Å². The van der Waals surface area contributed by atoms with E-state index in [-0.39, 0.29) is 6.04 Å². The Bertz CT molecular complexity index is 393. The number of anilines is 1. The third-order valence-electron chi connectivity index (χ3n) is 4.25. The van der Waals surface area contributed by atoms with Crippen LogP contribution in [0.15, 0.2) is 4.42 Å². The molecule has 2 N–H and O–H groups in total. The Labute approximate surface area is 121 Å². The molecule has 114 valence electrons. The first-order chi connectivity index (χ1) is 9.74. The van der Waals surface area contributed by atoms with E-state index in [2.05, 4.69) is 41.6 Å². The van der Waals surface area contributed by atoms with Gasteiger partial charge in [-0.2, -0.15) is 0 Å². The standard InChI is InChI=1S/C15H28N4O/c1-4-10-16-11(3)14-18-19-15(20-14)17-13-9-7-6-8-12(13)5-2/h11-13,16H,4-10H2,1-3H3,(H,17,19). The molecule has 0 saturated heterocycles. The summed E-state index contributed by atoms with van der Waals surface area (Å²) in [5.74, 6) is 1.40. The van der Waals surface area contributed by atoms with E-state index >= 15 is 0 Å². The molecule has 3 unspecified atom stereocenters. The van der Waals surface area contributed by atoms with Crippen molar-refractivity contribution in [2.75, 3.05) is 11.9 Å². The maximum absolute atomic E-state index is 5.74. The zero-order chi connectivity index (χ0) is 14.4. The molecule has 0 amide bonds. The van der Waals surface area contributed by atoms with Crippen LogP contribution >= 0.6 is 0 Å². The van der Waals surface area contributed by atoms with Crippen molar-refractivity contribution in [3.8, 4) is 0 Å². The second-order valence-corrected chi connectivity index (χ2v) is 5.82. The normalized spacial score (nSPS) is 24.6. The van der Waals surface area contributed by atoms with E-state index in [1.807, 2.05) is 0 Å². The van der Waals surface area contributed by atoms with Crippen LogP contribution in [-0.2, 0) is 0 Å². The maximum Gasteiger partial charge on any atom is 0.315 e. The monoisotopic (exact) mass is 280 g/mol. The third-order valence-corrected chi connectivity index (χ3v) is 4.25. The van der Waals surface area contributed by atoms with Crippen molar-refractivity contribution in [3.05, 3.63) is 5.89 Å². The summed E-state index contributed by atoms with van der Waals surface area (Å²) >= 11 is 0. The molecule has 1 saturated carbocycles. The van der Waals surface area contributed by atoms with Crippen LogP contribution in [0.5, 0.6) is 0 Å². The Morgan fingerprint density at radius 2 is 2.05 bits per heavy atom. The van der Waals surface area contributed by atoms with E-state index in [0.717, 1.165) is 18.9 Å². The van der Waals surface area contributed by atoms with Gasteiger partial charge in [0.1, 0.15) is 0 Å². The van der Waals surface area contributed by atoms with Crippen molar-refractivity contribution >= 4 is 6.01 Å². The molecule has 1 fully saturated rings. The molecule has 1 aromatic heterocycles. The average Bonchev–Trinajstić information content (AvgIpc) is 2.94. The second-order valence-electron chi connectivity index (χ2n) is 5.82. The summed E-state index contributed by atoms with van der Waals surface area (Å²) in [4.78, 5) is 0. The minimum absolute atomic E-state index is 0.117. The van der Waals surface area contributed by atoms with Crippen LogP contribution < -0.4 is 10.6 Å². The van der Waals surface area contributed by atoms with E-state index in [1.165, 1.54) is 32.1 Å². The Hall–Kier alpha value is -1.10. The van der Waals surface area contributed by atoms with Gasteiger partial charge in [-0.25, -0.2) is 0 Å². The van der Waals surface area contributed by atoms with Crippen molar-refractivity contribution in [2.24, 2.45) is 5.92 Å². The van der Waals surface area contributed by atoms with Gasteiger partial charge in [0, 0.05) is 6.04 Å². The van der Waals surface area contributed by atoms with Gasteiger partial charge in [-0.15, -0.1) is 5.10 Å². The lowest BCUT2D eigenvalue weighted by atomic mass is 9.83. The lowest BCUT2D eigenvalue weighted by Crippen LogP contribution is -2.31. The van der Waals surface area contributed by atoms with Gasteiger partial charge < -0.3 is 15.1 Å². The van der Waals surface area contributed by atoms with Crippen molar-refractivity contribution < 1.29 is 4.42 Å². The Morgan fingerprint density at radius 1 is 1.25 bits per heavy atom. The topological polar surface area (TPSA) is 63.0 Å². The van der Waals surface area contributed by atoms with Crippen LogP contribution in [0.1, 0.15) is 71.2 Å². The highest BCUT2D eigenvalue weighted by Gasteiger charge is 2.25. The first-order valence-corrected chi connectivity index (χ1v) is 8.07. The maximum atomic E-state index is 5.74. The molecule has 2 rings (SSSR count). The minimum Gasteiger partial charge on any atom is -0.406 e. The second kappa shape index (κ2) is 7.62. The fourth-order valence-corrected chi connectivity index (χ4v) is 2.96. The van der Waals surface area contributed by atoms with Crippen LogP contribution in [0.2, 0.25) is 0 Å². The highest BCUT2D eigenvalue weighted by Crippen LogP contribution is 2.29. The van der Waals surface area contributed by atoms with Gasteiger partial charge in [-0.1, -0.05) is 38.2 Å². The molecule has 0 spiro atoms. The van der Waals surface area contributed by atoms with Gasteiger partial charge in [0.2, 0.25) is 5.89 Å². The van der Waals surface area contributed by atoms with E-state index in [1.54, 1.807) is 0 Å². The fraction of sp³-hybridized carbons (Fsp3) is 0.867. The lowest BCUT2D eigenvalue weighted by molar-refractivity contribution is 0.310. The summed E-state index contributed by atoms with van der Waals surface area (Å²) in [5.41, 5.74) is 0. The highest BCUT2D eigenvalue weighted by molar-refractivity contribution is 5.21. The Balaban J connectivity index is 1.91. The van der Waals surface area contributed by atoms with E-state index in [4.69, 9.17) is 4.42 Å². The number of nitrogens with zero attached hydrogens (tertiary/aromatic N) is 2. The van der Waals surface area contributed by atoms with Gasteiger partial charge in [0.25, 0.3) is 0 Å². The summed E-state index contributed by atoms with van der Waals surface area (Å²) in [5, 5.41) is 15.1. The summed E-state index contributed by atoms with van der Waals surface area (Å²) in [6.45, 7) is 7.43. The van der Waals surface area contributed by atoms with Crippen molar-refractivity contribution in [3.63, 3.8) is 0 Å². The quantitative estimate of drug-likeness (QED) is 0.800. The van der Waals surface area contributed by atoms with Crippen LogP contribution in [0.4, 0.5) is 6.01 Å². The summed E-state index contributed by atoms with van der Waals surface area (Å²) in [6, 6.07) is 1.18. The molecular weight excluding hydrogens is 252 g/mol. The van der Waals surface area contributed by atoms with E-state index in [9.17, 15) is 0 Å². The van der Waals surface area contributed by atoms with Crippen molar-refractivity contribution in [1.29, 1.82) is 0 Å². The Morgan fingerprint density at radius 3 is 2.80 bits per heavy atom. The van der Waals surface area contributed by atoms with Gasteiger partial charge in [-0.3, -0.25) is 0 Å². The minimum atomic E-state index is 0.117. The average molecular weight is 280 g/mol. The molecule has 0 aromatic carbocycles. The number of nitrogens with one attached hydrogen (secondary N) is 2. The molecule has 3 atom stereocenters. The third kappa shape index (κ3) is 3.95. The lowest BCUT2D eigenvalue weighted by Gasteiger charge is -2.30. The molecule has 5 heteroatoms. The Kier molecular flexibility index (Phi) is 5.83. The van der Waals surface area contributed by atoms with Crippen LogP contribution in [0, 0.1) is 5.92 Å². The molecule has 20 heavy (non-hydrogen) atoms. The molecule has 1 heterocycles. The number of aromatic nitrogens is 2. The molecule has 1 aliphatic rings. The first-order valence-electron chi connectivity index (χ1n) is 8.07. The van der Waals surface area contributed by atoms with Gasteiger partial charge in [0.05, 0.1) is 6.04 Å². The summed E-state index contributed by atoms with van der Waals surface area (Å²) < 4.78 is 5.74. The van der Waals surface area contributed by atoms with E-state index < -0.39 is 0 Å². The van der Waals surface area contributed by atoms with Crippen molar-refractivity contribution in [2.45, 2.75) is 71.4 Å². The first kappa shape index (κ1) is 15.3. The molecular formula is C15H28N4O. The molecule has 1 aromatic rings. The number of rotatable bonds is 7. The molecule has 0 radical (unpaired) electrons. The zero-order valence-corrected chi connectivity index (χ0v) is 13.0. The molecule has 0 aliphatic heterocycles. The zero-order valence-electron chi connectivity index (χ0n) is 13.0. The highest BCUT2D eigenvalue weighted by atomic mass is 16.4. The van der Waals surface area contributed by atoms with Gasteiger partial charge in [0.15, 0.2) is 0 Å². The van der Waals surface area contributed by atoms with Crippen molar-refractivity contribution in [1.82, 2.24) is 15.5 Å².